The van der Waals surface area contributed by atoms with E-state index in [1.54, 1.807) is 0 Å². The topological polar surface area (TPSA) is 43.8 Å². The average Bonchev–Trinajstić information content (AvgIpc) is 2.68. The van der Waals surface area contributed by atoms with Gasteiger partial charge in [-0.15, -0.1) is 0 Å². The number of aliphatic hydroxyl groups excluding tert-OH is 1. The van der Waals surface area contributed by atoms with Crippen LogP contribution in [0.15, 0.2) is 54.6 Å². The molecule has 0 unspecified atom stereocenters. The first kappa shape index (κ1) is 21.3. The Bertz CT molecular complexity index is 855. The van der Waals surface area contributed by atoms with Crippen LogP contribution in [-0.4, -0.2) is 54.1 Å². The van der Waals surface area contributed by atoms with Crippen molar-refractivity contribution >= 4 is 5.91 Å². The number of likely N-dealkylation sites (N-methyl/N-ethyl adjacent to an activating group) is 1. The molecule has 2 aromatic carbocycles. The molecule has 0 radical (unpaired) electrons. The zero-order valence-electron chi connectivity index (χ0n) is 16.5. The second kappa shape index (κ2) is 8.16. The Morgan fingerprint density at radius 3 is 2.45 bits per heavy atom. The highest BCUT2D eigenvalue weighted by molar-refractivity contribution is 5.79. The van der Waals surface area contributed by atoms with E-state index in [2.05, 4.69) is 0 Å². The molecule has 4 nitrogen and oxygen atoms in total. The molecule has 2 atom stereocenters. The maximum Gasteiger partial charge on any atom is 0.416 e. The van der Waals surface area contributed by atoms with Crippen LogP contribution in [0.1, 0.15) is 23.1 Å². The van der Waals surface area contributed by atoms with Crippen molar-refractivity contribution in [2.24, 2.45) is 0 Å². The van der Waals surface area contributed by atoms with Crippen LogP contribution < -0.4 is 0 Å². The molecule has 156 valence electrons. The van der Waals surface area contributed by atoms with Crippen molar-refractivity contribution in [2.45, 2.75) is 30.7 Å². The molecule has 1 heterocycles. The molecule has 0 saturated carbocycles. The van der Waals surface area contributed by atoms with Gasteiger partial charge in [0.2, 0.25) is 5.91 Å². The summed E-state index contributed by atoms with van der Waals surface area (Å²) >= 11 is 0. The van der Waals surface area contributed by atoms with E-state index >= 15 is 0 Å². The molecule has 0 bridgehead atoms. The smallest absolute Gasteiger partial charge is 0.389 e. The summed E-state index contributed by atoms with van der Waals surface area (Å²) in [6, 6.07) is 14.5. The van der Waals surface area contributed by atoms with Crippen LogP contribution >= 0.6 is 0 Å². The lowest BCUT2D eigenvalue weighted by Gasteiger charge is -2.49. The number of alkyl halides is 3. The van der Waals surface area contributed by atoms with Crippen molar-refractivity contribution in [3.63, 3.8) is 0 Å². The molecule has 1 fully saturated rings. The summed E-state index contributed by atoms with van der Waals surface area (Å²) in [6.07, 6.45) is -4.86. The molecule has 2 aromatic rings. The summed E-state index contributed by atoms with van der Waals surface area (Å²) in [6.45, 7) is 0.548. The van der Waals surface area contributed by atoms with Crippen LogP contribution in [0, 0.1) is 0 Å². The van der Waals surface area contributed by atoms with Gasteiger partial charge in [-0.05, 0) is 37.7 Å². The number of likely N-dealkylation sites (tertiary alicyclic amines) is 1. The van der Waals surface area contributed by atoms with Gasteiger partial charge in [0.05, 0.1) is 23.6 Å². The molecular weight excluding hydrogens is 381 g/mol. The Labute approximate surface area is 168 Å². The Morgan fingerprint density at radius 2 is 1.86 bits per heavy atom. The van der Waals surface area contributed by atoms with Crippen molar-refractivity contribution in [1.82, 2.24) is 9.80 Å². The zero-order valence-corrected chi connectivity index (χ0v) is 16.5. The molecule has 0 aliphatic carbocycles. The normalized spacial score (nSPS) is 22.7. The van der Waals surface area contributed by atoms with E-state index in [4.69, 9.17) is 0 Å². The molecule has 1 aliphatic rings. The van der Waals surface area contributed by atoms with E-state index in [9.17, 15) is 23.1 Å². The molecule has 1 aliphatic heterocycles. The van der Waals surface area contributed by atoms with Crippen molar-refractivity contribution in [1.29, 1.82) is 0 Å². The predicted molar refractivity (Wildman–Crippen MR) is 104 cm³/mol. The van der Waals surface area contributed by atoms with Crippen molar-refractivity contribution in [3.05, 3.63) is 71.3 Å². The minimum Gasteiger partial charge on any atom is -0.389 e. The van der Waals surface area contributed by atoms with Crippen LogP contribution in [0.25, 0.3) is 0 Å². The number of hydrogen-bond donors (Lipinski definition) is 1. The summed E-state index contributed by atoms with van der Waals surface area (Å²) in [7, 11) is 3.80. The molecule has 0 spiro atoms. The van der Waals surface area contributed by atoms with Crippen LogP contribution in [0.2, 0.25) is 0 Å². The average molecular weight is 406 g/mol. The number of β-amino-alcohol motifs (C(OH)–C–C–N with tert-alkyl or cyclic N) is 1. The SMILES string of the molecule is CN(C)[C@]1(c2ccccc2)CCN(C(=O)Cc2cccc(C(F)(F)F)c2)C[C@H]1O. The number of rotatable bonds is 4. The van der Waals surface area contributed by atoms with Crippen molar-refractivity contribution in [3.8, 4) is 0 Å². The van der Waals surface area contributed by atoms with Gasteiger partial charge in [-0.3, -0.25) is 9.69 Å². The summed E-state index contributed by atoms with van der Waals surface area (Å²) in [4.78, 5) is 16.2. The van der Waals surface area contributed by atoms with Crippen LogP contribution in [0.4, 0.5) is 13.2 Å². The molecular formula is C22H25F3N2O2. The number of amides is 1. The molecule has 1 N–H and O–H groups in total. The minimum absolute atomic E-state index is 0.128. The number of carbonyl (C=O) groups is 1. The van der Waals surface area contributed by atoms with Gasteiger partial charge in [-0.25, -0.2) is 0 Å². The van der Waals surface area contributed by atoms with E-state index in [0.29, 0.717) is 18.5 Å². The first-order chi connectivity index (χ1) is 13.6. The third kappa shape index (κ3) is 4.31. The van der Waals surface area contributed by atoms with Gasteiger partial charge < -0.3 is 10.0 Å². The van der Waals surface area contributed by atoms with Gasteiger partial charge in [0.25, 0.3) is 0 Å². The van der Waals surface area contributed by atoms with E-state index in [-0.39, 0.29) is 18.9 Å². The van der Waals surface area contributed by atoms with Crippen LogP contribution in [0.5, 0.6) is 0 Å². The maximum absolute atomic E-state index is 12.9. The first-order valence-electron chi connectivity index (χ1n) is 9.49. The van der Waals surface area contributed by atoms with E-state index in [0.717, 1.165) is 17.7 Å². The third-order valence-electron chi connectivity index (χ3n) is 5.74. The molecule has 29 heavy (non-hydrogen) atoms. The van der Waals surface area contributed by atoms with Gasteiger partial charge in [-0.2, -0.15) is 13.2 Å². The second-order valence-electron chi connectivity index (χ2n) is 7.67. The van der Waals surface area contributed by atoms with Gasteiger partial charge in [0.15, 0.2) is 0 Å². The Balaban J connectivity index is 1.74. The molecule has 7 heteroatoms. The number of benzene rings is 2. The number of hydrogen-bond acceptors (Lipinski definition) is 3. The summed E-state index contributed by atoms with van der Waals surface area (Å²) in [5.41, 5.74) is -0.0969. The fourth-order valence-electron chi connectivity index (χ4n) is 4.14. The monoisotopic (exact) mass is 406 g/mol. The maximum atomic E-state index is 12.9. The Kier molecular flexibility index (Phi) is 6.00. The quantitative estimate of drug-likeness (QED) is 0.848. The van der Waals surface area contributed by atoms with Gasteiger partial charge in [-0.1, -0.05) is 48.5 Å². The number of nitrogens with zero attached hydrogens (tertiary/aromatic N) is 2. The number of piperidine rings is 1. The molecule has 0 aromatic heterocycles. The predicted octanol–water partition coefficient (Wildman–Crippen LogP) is 3.30. The highest BCUT2D eigenvalue weighted by Gasteiger charge is 2.46. The van der Waals surface area contributed by atoms with E-state index in [1.165, 1.54) is 17.0 Å². The zero-order chi connectivity index (χ0) is 21.2. The lowest BCUT2D eigenvalue weighted by atomic mass is 9.77. The summed E-state index contributed by atoms with van der Waals surface area (Å²) in [5, 5.41) is 11.0. The molecule has 3 rings (SSSR count). The van der Waals surface area contributed by atoms with Gasteiger partial charge >= 0.3 is 6.18 Å². The van der Waals surface area contributed by atoms with Gasteiger partial charge in [0, 0.05) is 13.1 Å². The van der Waals surface area contributed by atoms with Crippen LogP contribution in [0.3, 0.4) is 0 Å². The van der Waals surface area contributed by atoms with Crippen molar-refractivity contribution < 1.29 is 23.1 Å². The van der Waals surface area contributed by atoms with Gasteiger partial charge in [0.1, 0.15) is 0 Å². The highest BCUT2D eigenvalue weighted by Crippen LogP contribution is 2.38. The lowest BCUT2D eigenvalue weighted by Crippen LogP contribution is -2.61. The molecule has 1 saturated heterocycles. The number of carbonyl (C=O) groups excluding carboxylic acids is 1. The Morgan fingerprint density at radius 1 is 1.17 bits per heavy atom. The third-order valence-corrected chi connectivity index (χ3v) is 5.74. The first-order valence-corrected chi connectivity index (χ1v) is 9.49. The summed E-state index contributed by atoms with van der Waals surface area (Å²) in [5.74, 6) is -0.288. The fourth-order valence-corrected chi connectivity index (χ4v) is 4.14. The Hall–Kier alpha value is -2.38. The second-order valence-corrected chi connectivity index (χ2v) is 7.67. The van der Waals surface area contributed by atoms with E-state index < -0.39 is 23.4 Å². The molecule has 1 amide bonds. The number of halogens is 3. The van der Waals surface area contributed by atoms with E-state index in [1.807, 2.05) is 49.3 Å². The summed E-state index contributed by atoms with van der Waals surface area (Å²) < 4.78 is 38.7. The number of aliphatic hydroxyl groups is 1. The lowest BCUT2D eigenvalue weighted by molar-refractivity contribution is -0.140. The standard InChI is InChI=1S/C22H25F3N2O2/c1-26(2)21(17-8-4-3-5-9-17)11-12-27(15-19(21)28)20(29)14-16-7-6-10-18(13-16)22(23,24)25/h3-10,13,19,28H,11-12,14-15H2,1-2H3/t19-,21+/m1/s1. The highest BCUT2D eigenvalue weighted by atomic mass is 19.4. The minimum atomic E-state index is -4.44. The van der Waals surface area contributed by atoms with Crippen molar-refractivity contribution in [2.75, 3.05) is 27.2 Å². The largest absolute Gasteiger partial charge is 0.416 e. The van der Waals surface area contributed by atoms with Crippen LogP contribution in [-0.2, 0) is 22.9 Å². The fraction of sp³-hybridized carbons (Fsp3) is 0.409.